The van der Waals surface area contributed by atoms with Crippen molar-refractivity contribution in [3.63, 3.8) is 0 Å². The summed E-state index contributed by atoms with van der Waals surface area (Å²) in [6.45, 7) is 0. The Morgan fingerprint density at radius 3 is 2.57 bits per heavy atom. The van der Waals surface area contributed by atoms with E-state index in [0.29, 0.717) is 5.70 Å². The molecule has 0 heterocycles. The van der Waals surface area contributed by atoms with Gasteiger partial charge < -0.3 is 10.8 Å². The molecule has 0 fully saturated rings. The molecule has 14 heavy (non-hydrogen) atoms. The lowest BCUT2D eigenvalue weighted by atomic mass is 10.0. The summed E-state index contributed by atoms with van der Waals surface area (Å²) >= 11 is 0. The van der Waals surface area contributed by atoms with Gasteiger partial charge >= 0.3 is 0 Å². The Hall–Kier alpha value is -1.96. The largest absolute Gasteiger partial charge is 0.513 e. The van der Waals surface area contributed by atoms with Crippen molar-refractivity contribution in [3.8, 4) is 0 Å². The van der Waals surface area contributed by atoms with Crippen molar-refractivity contribution in [1.29, 1.82) is 0 Å². The number of hydrogen-bond donors (Lipinski definition) is 2. The topological polar surface area (TPSA) is 46.2 Å². The van der Waals surface area contributed by atoms with E-state index in [1.165, 1.54) is 0 Å². The Balaban J connectivity index is 2.77. The van der Waals surface area contributed by atoms with Crippen molar-refractivity contribution in [1.82, 2.24) is 0 Å². The lowest BCUT2D eigenvalue weighted by Crippen LogP contribution is -1.96. The van der Waals surface area contributed by atoms with Gasteiger partial charge in [0.05, 0.1) is 5.70 Å². The fourth-order valence-electron chi connectivity index (χ4n) is 1.55. The Labute approximate surface area is 82.3 Å². The molecule has 70 valence electrons. The van der Waals surface area contributed by atoms with Gasteiger partial charge in [-0.1, -0.05) is 42.5 Å². The Bertz CT molecular complexity index is 483. The van der Waals surface area contributed by atoms with Gasteiger partial charge in [0.15, 0.2) is 0 Å². The second kappa shape index (κ2) is 3.42. The van der Waals surface area contributed by atoms with Crippen LogP contribution >= 0.6 is 0 Å². The summed E-state index contributed by atoms with van der Waals surface area (Å²) in [4.78, 5) is 0. The van der Waals surface area contributed by atoms with Gasteiger partial charge in [0.25, 0.3) is 0 Å². The summed E-state index contributed by atoms with van der Waals surface area (Å²) in [7, 11) is 0. The average Bonchev–Trinajstić information content (AvgIpc) is 2.27. The van der Waals surface area contributed by atoms with Crippen LogP contribution < -0.4 is 5.73 Å². The molecule has 0 atom stereocenters. The molecule has 0 saturated carbocycles. The van der Waals surface area contributed by atoms with Crippen LogP contribution in [0.25, 0.3) is 16.5 Å². The number of benzene rings is 2. The van der Waals surface area contributed by atoms with E-state index in [9.17, 15) is 0 Å². The molecule has 2 aromatic carbocycles. The smallest absolute Gasteiger partial charge is 0.103 e. The monoisotopic (exact) mass is 185 g/mol. The third kappa shape index (κ3) is 1.31. The van der Waals surface area contributed by atoms with Gasteiger partial charge in [-0.3, -0.25) is 0 Å². The van der Waals surface area contributed by atoms with Crippen LogP contribution in [0, 0.1) is 0 Å². The molecule has 3 N–H and O–H groups in total. The van der Waals surface area contributed by atoms with Crippen molar-refractivity contribution in [3.05, 3.63) is 54.3 Å². The molecule has 2 rings (SSSR count). The van der Waals surface area contributed by atoms with Crippen molar-refractivity contribution in [2.24, 2.45) is 5.73 Å². The molecule has 0 amide bonds. The molecular formula is C12H11NO. The zero-order valence-electron chi connectivity index (χ0n) is 7.64. The first-order chi connectivity index (χ1) is 6.83. The molecule has 0 spiro atoms. The van der Waals surface area contributed by atoms with Gasteiger partial charge in [0, 0.05) is 5.56 Å². The van der Waals surface area contributed by atoms with Crippen LogP contribution in [-0.4, -0.2) is 5.11 Å². The number of fused-ring (bicyclic) bond motifs is 1. The molecule has 2 heteroatoms. The fraction of sp³-hybridized carbons (Fsp3) is 0. The average molecular weight is 185 g/mol. The molecule has 0 unspecified atom stereocenters. The highest BCUT2D eigenvalue weighted by molar-refractivity contribution is 5.92. The summed E-state index contributed by atoms with van der Waals surface area (Å²) < 4.78 is 0. The lowest BCUT2D eigenvalue weighted by molar-refractivity contribution is 0.475. The van der Waals surface area contributed by atoms with E-state index in [2.05, 4.69) is 0 Å². The minimum Gasteiger partial charge on any atom is -0.513 e. The van der Waals surface area contributed by atoms with Crippen LogP contribution in [0.5, 0.6) is 0 Å². The molecule has 0 aromatic heterocycles. The molecule has 0 aliphatic rings. The number of aliphatic hydroxyl groups is 1. The van der Waals surface area contributed by atoms with Gasteiger partial charge in [0.1, 0.15) is 6.26 Å². The quantitative estimate of drug-likeness (QED) is 0.671. The number of nitrogens with two attached hydrogens (primary N) is 1. The molecular weight excluding hydrogens is 174 g/mol. The van der Waals surface area contributed by atoms with Crippen LogP contribution in [0.1, 0.15) is 5.56 Å². The maximum atomic E-state index is 8.86. The van der Waals surface area contributed by atoms with Crippen molar-refractivity contribution in [2.75, 3.05) is 0 Å². The zero-order valence-corrected chi connectivity index (χ0v) is 7.64. The Morgan fingerprint density at radius 1 is 1.07 bits per heavy atom. The van der Waals surface area contributed by atoms with E-state index in [0.717, 1.165) is 22.6 Å². The van der Waals surface area contributed by atoms with Crippen LogP contribution in [0.15, 0.2) is 48.7 Å². The number of rotatable bonds is 1. The molecule has 0 radical (unpaired) electrons. The first-order valence-electron chi connectivity index (χ1n) is 4.41. The van der Waals surface area contributed by atoms with E-state index in [1.54, 1.807) is 0 Å². The Morgan fingerprint density at radius 2 is 1.79 bits per heavy atom. The summed E-state index contributed by atoms with van der Waals surface area (Å²) in [5.74, 6) is 0. The standard InChI is InChI=1S/C12H11NO/c13-12(8-14)11-7-3-5-9-4-1-2-6-10(9)11/h1-8,14H,13H2/b12-8+. The van der Waals surface area contributed by atoms with Gasteiger partial charge in [-0.25, -0.2) is 0 Å². The third-order valence-electron chi connectivity index (χ3n) is 2.24. The minimum atomic E-state index is 0.391. The highest BCUT2D eigenvalue weighted by atomic mass is 16.2. The maximum Gasteiger partial charge on any atom is 0.103 e. The van der Waals surface area contributed by atoms with Crippen LogP contribution in [0.2, 0.25) is 0 Å². The number of aliphatic hydroxyl groups excluding tert-OH is 1. The van der Waals surface area contributed by atoms with Crippen LogP contribution in [-0.2, 0) is 0 Å². The van der Waals surface area contributed by atoms with E-state index in [-0.39, 0.29) is 0 Å². The highest BCUT2D eigenvalue weighted by Gasteiger charge is 2.01. The summed E-state index contributed by atoms with van der Waals surface area (Å²) in [5.41, 5.74) is 6.93. The van der Waals surface area contributed by atoms with Crippen molar-refractivity contribution >= 4 is 16.5 Å². The van der Waals surface area contributed by atoms with Crippen molar-refractivity contribution < 1.29 is 5.11 Å². The highest BCUT2D eigenvalue weighted by Crippen LogP contribution is 2.21. The molecule has 0 aliphatic heterocycles. The minimum absolute atomic E-state index is 0.391. The lowest BCUT2D eigenvalue weighted by Gasteiger charge is -2.04. The summed E-state index contributed by atoms with van der Waals surface area (Å²) in [6, 6.07) is 13.8. The molecule has 0 bridgehead atoms. The van der Waals surface area contributed by atoms with E-state index < -0.39 is 0 Å². The predicted molar refractivity (Wildman–Crippen MR) is 58.7 cm³/mol. The van der Waals surface area contributed by atoms with Crippen LogP contribution in [0.4, 0.5) is 0 Å². The SMILES string of the molecule is N/C(=C/O)c1cccc2ccccc12. The summed E-state index contributed by atoms with van der Waals surface area (Å²) in [5, 5.41) is 11.0. The molecule has 0 saturated heterocycles. The van der Waals surface area contributed by atoms with Crippen molar-refractivity contribution in [2.45, 2.75) is 0 Å². The normalized spacial score (nSPS) is 11.9. The molecule has 2 nitrogen and oxygen atoms in total. The maximum absolute atomic E-state index is 8.86. The predicted octanol–water partition coefficient (Wildman–Crippen LogP) is 2.65. The number of hydrogen-bond acceptors (Lipinski definition) is 2. The third-order valence-corrected chi connectivity index (χ3v) is 2.24. The van der Waals surface area contributed by atoms with Gasteiger partial charge in [0.2, 0.25) is 0 Å². The molecule has 2 aromatic rings. The fourth-order valence-corrected chi connectivity index (χ4v) is 1.55. The second-order valence-electron chi connectivity index (χ2n) is 3.11. The zero-order chi connectivity index (χ0) is 9.97. The Kier molecular flexibility index (Phi) is 2.11. The van der Waals surface area contributed by atoms with E-state index >= 15 is 0 Å². The molecule has 0 aliphatic carbocycles. The van der Waals surface area contributed by atoms with Gasteiger partial charge in [-0.15, -0.1) is 0 Å². The van der Waals surface area contributed by atoms with Crippen LogP contribution in [0.3, 0.4) is 0 Å². The van der Waals surface area contributed by atoms with Gasteiger partial charge in [-0.05, 0) is 10.8 Å². The van der Waals surface area contributed by atoms with E-state index in [1.807, 2.05) is 42.5 Å². The summed E-state index contributed by atoms with van der Waals surface area (Å²) in [6.07, 6.45) is 0.932. The second-order valence-corrected chi connectivity index (χ2v) is 3.11. The first-order valence-corrected chi connectivity index (χ1v) is 4.41. The van der Waals surface area contributed by atoms with E-state index in [4.69, 9.17) is 10.8 Å². The first kappa shape index (κ1) is 8.63. The van der Waals surface area contributed by atoms with Gasteiger partial charge in [-0.2, -0.15) is 0 Å².